The maximum atomic E-state index is 11.4. The minimum absolute atomic E-state index is 0.319. The van der Waals surface area contributed by atoms with Gasteiger partial charge in [-0.25, -0.2) is 9.48 Å². The standard InChI is InChI=1S/C10H16N4O2/c1-10(2,3)16-9(15)13-8(11-4)14-7-5-6-12-14/h5-7H,1-4H3,(H,11,13,15). The van der Waals surface area contributed by atoms with Crippen LogP contribution < -0.4 is 5.32 Å². The topological polar surface area (TPSA) is 68.5 Å². The van der Waals surface area contributed by atoms with E-state index in [4.69, 9.17) is 4.74 Å². The number of nitrogens with one attached hydrogen (secondary N) is 1. The van der Waals surface area contributed by atoms with Crippen LogP contribution >= 0.6 is 0 Å². The monoisotopic (exact) mass is 224 g/mol. The third-order valence-electron chi connectivity index (χ3n) is 1.54. The molecule has 0 fully saturated rings. The first-order chi connectivity index (χ1) is 7.42. The van der Waals surface area contributed by atoms with E-state index in [2.05, 4.69) is 15.4 Å². The van der Waals surface area contributed by atoms with Crippen LogP contribution in [0.1, 0.15) is 20.8 Å². The minimum atomic E-state index is -0.646. The number of hydrogen-bond donors (Lipinski definition) is 1. The van der Waals surface area contributed by atoms with Gasteiger partial charge in [0.05, 0.1) is 0 Å². The van der Waals surface area contributed by atoms with E-state index in [1.54, 1.807) is 46.3 Å². The molecule has 1 amide bonds. The Morgan fingerprint density at radius 3 is 2.62 bits per heavy atom. The fourth-order valence-corrected chi connectivity index (χ4v) is 0.987. The summed E-state index contributed by atoms with van der Waals surface area (Å²) < 4.78 is 6.51. The van der Waals surface area contributed by atoms with E-state index < -0.39 is 11.7 Å². The van der Waals surface area contributed by atoms with Gasteiger partial charge in [0.25, 0.3) is 0 Å². The Morgan fingerprint density at radius 1 is 1.50 bits per heavy atom. The predicted molar refractivity (Wildman–Crippen MR) is 60.4 cm³/mol. The van der Waals surface area contributed by atoms with Crippen molar-refractivity contribution in [2.45, 2.75) is 26.4 Å². The maximum absolute atomic E-state index is 11.4. The number of aromatic nitrogens is 2. The van der Waals surface area contributed by atoms with Crippen molar-refractivity contribution in [3.8, 4) is 0 Å². The summed E-state index contributed by atoms with van der Waals surface area (Å²) in [6.45, 7) is 5.36. The molecule has 0 aromatic carbocycles. The van der Waals surface area contributed by atoms with Crippen molar-refractivity contribution in [3.05, 3.63) is 18.5 Å². The summed E-state index contributed by atoms with van der Waals surface area (Å²) in [6.07, 6.45) is 2.63. The lowest BCUT2D eigenvalue weighted by atomic mass is 10.2. The molecule has 0 radical (unpaired) electrons. The lowest BCUT2D eigenvalue weighted by Gasteiger charge is -2.17. The second-order valence-corrected chi connectivity index (χ2v) is 4.12. The molecule has 1 aromatic heterocycles. The van der Waals surface area contributed by atoms with Crippen molar-refractivity contribution in [3.63, 3.8) is 0 Å². The molecule has 0 aliphatic rings. The molecule has 1 rings (SSSR count). The van der Waals surface area contributed by atoms with Crippen LogP contribution in [-0.4, -0.2) is 34.5 Å². The zero-order valence-corrected chi connectivity index (χ0v) is 9.89. The summed E-state index contributed by atoms with van der Waals surface area (Å²) in [5, 5.41) is 6.72. The summed E-state index contributed by atoms with van der Waals surface area (Å²) >= 11 is 0. The van der Waals surface area contributed by atoms with Crippen molar-refractivity contribution in [2.24, 2.45) is 4.99 Å². The molecule has 88 valence electrons. The van der Waals surface area contributed by atoms with Crippen molar-refractivity contribution < 1.29 is 9.53 Å². The number of carbonyl (C=O) groups excluding carboxylic acids is 1. The molecule has 1 N–H and O–H groups in total. The third-order valence-corrected chi connectivity index (χ3v) is 1.54. The summed E-state index contributed by atoms with van der Waals surface area (Å²) in [6, 6.07) is 1.74. The maximum Gasteiger partial charge on any atom is 0.437 e. The number of ether oxygens (including phenoxy) is 1. The van der Waals surface area contributed by atoms with Crippen molar-refractivity contribution >= 4 is 12.1 Å². The highest BCUT2D eigenvalue weighted by Gasteiger charge is 2.16. The van der Waals surface area contributed by atoms with E-state index in [1.807, 2.05) is 0 Å². The Kier molecular flexibility index (Phi) is 3.65. The van der Waals surface area contributed by atoms with Gasteiger partial charge in [0.15, 0.2) is 0 Å². The van der Waals surface area contributed by atoms with Crippen LogP contribution in [0.3, 0.4) is 0 Å². The third kappa shape index (κ3) is 3.72. The molecule has 0 saturated heterocycles. The Labute approximate surface area is 94.3 Å². The van der Waals surface area contributed by atoms with Crippen molar-refractivity contribution in [1.82, 2.24) is 15.1 Å². The zero-order chi connectivity index (χ0) is 12.2. The highest BCUT2D eigenvalue weighted by molar-refractivity contribution is 5.91. The molecule has 0 saturated carbocycles. The van der Waals surface area contributed by atoms with Gasteiger partial charge in [-0.05, 0) is 26.8 Å². The van der Waals surface area contributed by atoms with E-state index in [-0.39, 0.29) is 0 Å². The molecular weight excluding hydrogens is 208 g/mol. The number of rotatable bonds is 0. The molecule has 0 aliphatic carbocycles. The smallest absolute Gasteiger partial charge is 0.437 e. The molecule has 0 aliphatic heterocycles. The summed E-state index contributed by atoms with van der Waals surface area (Å²) in [4.78, 5) is 15.2. The van der Waals surface area contributed by atoms with Crippen LogP contribution in [0.4, 0.5) is 4.79 Å². The van der Waals surface area contributed by atoms with Gasteiger partial charge in [-0.2, -0.15) is 5.10 Å². The molecule has 0 atom stereocenters. The largest absolute Gasteiger partial charge is 0.442 e. The average Bonchev–Trinajstić information content (AvgIpc) is 2.63. The summed E-state index contributed by atoms with van der Waals surface area (Å²) in [5.74, 6) is 0.319. The number of amides is 1. The second-order valence-electron chi connectivity index (χ2n) is 4.12. The van der Waals surface area contributed by atoms with E-state index in [0.29, 0.717) is 5.96 Å². The van der Waals surface area contributed by atoms with Gasteiger partial charge in [-0.3, -0.25) is 0 Å². The predicted octanol–water partition coefficient (Wildman–Crippen LogP) is 1.24. The van der Waals surface area contributed by atoms with Gasteiger partial charge < -0.3 is 10.1 Å². The zero-order valence-electron chi connectivity index (χ0n) is 9.89. The summed E-state index contributed by atoms with van der Waals surface area (Å²) in [7, 11) is 1.66. The van der Waals surface area contributed by atoms with Crippen LogP contribution in [0, 0.1) is 0 Å². The number of nitrogens with zero attached hydrogens (tertiary/aromatic N) is 3. The van der Waals surface area contributed by atoms with E-state index in [1.165, 1.54) is 4.68 Å². The summed E-state index contributed by atoms with van der Waals surface area (Å²) in [5.41, 5.74) is -0.552. The normalized spacial score (nSPS) is 12.4. The fraction of sp³-hybridized carbons (Fsp3) is 0.500. The lowest BCUT2D eigenvalue weighted by molar-refractivity contribution is 0.0603. The van der Waals surface area contributed by atoms with Crippen molar-refractivity contribution in [2.75, 3.05) is 7.05 Å². The van der Waals surface area contributed by atoms with Gasteiger partial charge in [0, 0.05) is 19.4 Å². The van der Waals surface area contributed by atoms with Crippen LogP contribution in [0.5, 0.6) is 0 Å². The first-order valence-corrected chi connectivity index (χ1v) is 4.92. The lowest BCUT2D eigenvalue weighted by Crippen LogP contribution is -2.30. The Balaban J connectivity index is 2.78. The van der Waals surface area contributed by atoms with Crippen LogP contribution in [0.15, 0.2) is 23.5 Å². The molecule has 0 bridgehead atoms. The minimum Gasteiger partial charge on any atom is -0.442 e. The van der Waals surface area contributed by atoms with Gasteiger partial charge in [0.2, 0.25) is 5.96 Å². The van der Waals surface area contributed by atoms with Gasteiger partial charge >= 0.3 is 6.09 Å². The number of aliphatic imine (C=N–C) groups is 1. The van der Waals surface area contributed by atoms with Crippen LogP contribution in [0.2, 0.25) is 0 Å². The molecule has 16 heavy (non-hydrogen) atoms. The average molecular weight is 224 g/mol. The first kappa shape index (κ1) is 12.2. The van der Waals surface area contributed by atoms with Gasteiger partial charge in [-0.15, -0.1) is 4.99 Å². The Bertz CT molecular complexity index is 376. The van der Waals surface area contributed by atoms with Gasteiger partial charge in [-0.1, -0.05) is 0 Å². The Hall–Kier alpha value is -1.85. The van der Waals surface area contributed by atoms with Crippen LogP contribution in [-0.2, 0) is 4.74 Å². The highest BCUT2D eigenvalue weighted by Crippen LogP contribution is 2.07. The molecule has 6 nitrogen and oxygen atoms in total. The van der Waals surface area contributed by atoms with Crippen LogP contribution in [0.25, 0.3) is 0 Å². The number of hydrogen-bond acceptors (Lipinski definition) is 3. The number of carbonyl (C=O) groups is 1. The molecule has 0 spiro atoms. The van der Waals surface area contributed by atoms with Gasteiger partial charge in [0.1, 0.15) is 5.60 Å². The van der Waals surface area contributed by atoms with E-state index in [9.17, 15) is 4.79 Å². The molecule has 1 aromatic rings. The fourth-order valence-electron chi connectivity index (χ4n) is 0.987. The quantitative estimate of drug-likeness (QED) is 0.531. The second kappa shape index (κ2) is 4.78. The van der Waals surface area contributed by atoms with Crippen molar-refractivity contribution in [1.29, 1.82) is 0 Å². The molecule has 6 heteroatoms. The van der Waals surface area contributed by atoms with E-state index in [0.717, 1.165) is 0 Å². The Morgan fingerprint density at radius 2 is 2.19 bits per heavy atom. The highest BCUT2D eigenvalue weighted by atomic mass is 16.6. The molecule has 1 heterocycles. The first-order valence-electron chi connectivity index (χ1n) is 4.92. The van der Waals surface area contributed by atoms with E-state index >= 15 is 0 Å². The molecular formula is C10H16N4O2. The molecule has 0 unspecified atom stereocenters. The SMILES string of the molecule is CN/C(=N\C(=O)OC(C)(C)C)n1cccn1.